The van der Waals surface area contributed by atoms with Crippen LogP contribution in [0.15, 0.2) is 48.5 Å². The van der Waals surface area contributed by atoms with Crippen molar-refractivity contribution in [2.75, 3.05) is 6.54 Å². The third kappa shape index (κ3) is 3.05. The van der Waals surface area contributed by atoms with Crippen LogP contribution < -0.4 is 5.32 Å². The molecule has 1 fully saturated rings. The molecule has 1 saturated heterocycles. The number of rotatable bonds is 3. The van der Waals surface area contributed by atoms with Crippen molar-refractivity contribution < 1.29 is 4.79 Å². The maximum atomic E-state index is 12.8. The number of benzene rings is 2. The van der Waals surface area contributed by atoms with Gasteiger partial charge in [0, 0.05) is 13.6 Å². The lowest BCUT2D eigenvalue weighted by molar-refractivity contribution is 0.192. The summed E-state index contributed by atoms with van der Waals surface area (Å²) in [7, 11) is 1.99. The minimum atomic E-state index is -0.0143. The molecule has 2 heterocycles. The van der Waals surface area contributed by atoms with Crippen LogP contribution in [-0.2, 0) is 13.6 Å². The maximum absolute atomic E-state index is 12.8. The molecule has 0 saturated carbocycles. The van der Waals surface area contributed by atoms with Gasteiger partial charge in [-0.25, -0.2) is 9.78 Å². The van der Waals surface area contributed by atoms with E-state index in [4.69, 9.17) is 0 Å². The van der Waals surface area contributed by atoms with Crippen LogP contribution in [0.4, 0.5) is 4.79 Å². The fourth-order valence-corrected chi connectivity index (χ4v) is 3.81. The van der Waals surface area contributed by atoms with Crippen LogP contribution in [0.5, 0.6) is 0 Å². The Bertz CT molecular complexity index is 932. The average molecular weight is 348 g/mol. The van der Waals surface area contributed by atoms with Crippen LogP contribution in [0.2, 0.25) is 0 Å². The predicted octanol–water partition coefficient (Wildman–Crippen LogP) is 3.93. The molecule has 1 atom stereocenters. The first kappa shape index (κ1) is 16.6. The van der Waals surface area contributed by atoms with Gasteiger partial charge in [0.2, 0.25) is 0 Å². The molecule has 0 bridgehead atoms. The number of aryl methyl sites for hydroxylation is 2. The summed E-state index contributed by atoms with van der Waals surface area (Å²) in [5, 5.41) is 3.06. The van der Waals surface area contributed by atoms with E-state index in [1.807, 2.05) is 34.7 Å². The van der Waals surface area contributed by atoms with E-state index in [9.17, 15) is 4.79 Å². The number of fused-ring (bicyclic) bond motifs is 1. The number of nitrogens with one attached hydrogen (secondary N) is 1. The van der Waals surface area contributed by atoms with Crippen LogP contribution in [0.3, 0.4) is 0 Å². The summed E-state index contributed by atoms with van der Waals surface area (Å²) in [6, 6.07) is 16.7. The zero-order valence-corrected chi connectivity index (χ0v) is 15.3. The summed E-state index contributed by atoms with van der Waals surface area (Å²) in [6.45, 7) is 3.29. The summed E-state index contributed by atoms with van der Waals surface area (Å²) in [5.74, 6) is 0.870. The molecule has 2 aromatic carbocycles. The van der Waals surface area contributed by atoms with Gasteiger partial charge < -0.3 is 14.8 Å². The van der Waals surface area contributed by atoms with E-state index in [0.717, 1.165) is 36.2 Å². The van der Waals surface area contributed by atoms with E-state index in [0.29, 0.717) is 6.54 Å². The zero-order valence-electron chi connectivity index (χ0n) is 15.3. The average Bonchev–Trinajstić information content (AvgIpc) is 3.25. The van der Waals surface area contributed by atoms with Gasteiger partial charge in [-0.15, -0.1) is 0 Å². The fourth-order valence-electron chi connectivity index (χ4n) is 3.81. The lowest BCUT2D eigenvalue weighted by Gasteiger charge is -2.25. The molecule has 5 heteroatoms. The van der Waals surface area contributed by atoms with Gasteiger partial charge in [-0.3, -0.25) is 0 Å². The second-order valence-corrected chi connectivity index (χ2v) is 7.00. The van der Waals surface area contributed by atoms with E-state index in [-0.39, 0.29) is 12.1 Å². The van der Waals surface area contributed by atoms with Crippen LogP contribution in [0.1, 0.15) is 35.8 Å². The van der Waals surface area contributed by atoms with Gasteiger partial charge in [-0.05, 0) is 43.0 Å². The van der Waals surface area contributed by atoms with Crippen LogP contribution in [0.25, 0.3) is 11.0 Å². The van der Waals surface area contributed by atoms with Gasteiger partial charge in [0.05, 0.1) is 23.6 Å². The number of nitrogens with zero attached hydrogens (tertiary/aromatic N) is 3. The van der Waals surface area contributed by atoms with Gasteiger partial charge in [0.15, 0.2) is 0 Å². The number of hydrogen-bond donors (Lipinski definition) is 1. The number of aromatic nitrogens is 2. The molecule has 1 aromatic heterocycles. The van der Waals surface area contributed by atoms with Crippen molar-refractivity contribution in [2.45, 2.75) is 32.4 Å². The summed E-state index contributed by atoms with van der Waals surface area (Å²) >= 11 is 0. The maximum Gasteiger partial charge on any atom is 0.318 e. The molecule has 1 unspecified atom stereocenters. The second kappa shape index (κ2) is 6.83. The summed E-state index contributed by atoms with van der Waals surface area (Å²) in [6.07, 6.45) is 2.06. The number of hydrogen-bond acceptors (Lipinski definition) is 2. The standard InChI is InChI=1S/C21H24N4O/c1-15-10-11-19-17(13-15)23-20(24(19)2)14-22-21(26)25-12-6-9-18(25)16-7-4-3-5-8-16/h3-5,7-8,10-11,13,18H,6,9,12,14H2,1-2H3,(H,22,26). The van der Waals surface area contributed by atoms with Crippen molar-refractivity contribution in [3.05, 3.63) is 65.5 Å². The first-order valence-corrected chi connectivity index (χ1v) is 9.15. The largest absolute Gasteiger partial charge is 0.331 e. The molecule has 4 rings (SSSR count). The Morgan fingerprint density at radius 1 is 1.23 bits per heavy atom. The lowest BCUT2D eigenvalue weighted by Crippen LogP contribution is -2.39. The third-order valence-electron chi connectivity index (χ3n) is 5.22. The smallest absolute Gasteiger partial charge is 0.318 e. The lowest BCUT2D eigenvalue weighted by atomic mass is 10.1. The predicted molar refractivity (Wildman–Crippen MR) is 103 cm³/mol. The molecular formula is C21H24N4O. The molecule has 134 valence electrons. The molecule has 0 aliphatic carbocycles. The van der Waals surface area contributed by atoms with Crippen molar-refractivity contribution >= 4 is 17.1 Å². The summed E-state index contributed by atoms with van der Waals surface area (Å²) < 4.78 is 2.05. The van der Waals surface area contributed by atoms with Crippen molar-refractivity contribution in [1.82, 2.24) is 19.8 Å². The van der Waals surface area contributed by atoms with Crippen LogP contribution >= 0.6 is 0 Å². The molecular weight excluding hydrogens is 324 g/mol. The third-order valence-corrected chi connectivity index (χ3v) is 5.22. The van der Waals surface area contributed by atoms with Crippen LogP contribution in [0, 0.1) is 6.92 Å². The Labute approximate surface area is 153 Å². The van der Waals surface area contributed by atoms with Gasteiger partial charge in [0.1, 0.15) is 5.82 Å². The van der Waals surface area contributed by atoms with E-state index in [1.54, 1.807) is 0 Å². The highest BCUT2D eigenvalue weighted by Crippen LogP contribution is 2.31. The SMILES string of the molecule is Cc1ccc2c(c1)nc(CNC(=O)N1CCCC1c1ccccc1)n2C. The Hall–Kier alpha value is -2.82. The Balaban J connectivity index is 1.48. The molecule has 26 heavy (non-hydrogen) atoms. The van der Waals surface area contributed by atoms with E-state index in [2.05, 4.69) is 47.6 Å². The molecule has 1 aliphatic heterocycles. The molecule has 0 radical (unpaired) electrons. The van der Waals surface area contributed by atoms with E-state index >= 15 is 0 Å². The van der Waals surface area contributed by atoms with Gasteiger partial charge in [-0.2, -0.15) is 0 Å². The monoisotopic (exact) mass is 348 g/mol. The Morgan fingerprint density at radius 2 is 2.04 bits per heavy atom. The van der Waals surface area contributed by atoms with Crippen molar-refractivity contribution in [3.63, 3.8) is 0 Å². The minimum absolute atomic E-state index is 0.0143. The van der Waals surface area contributed by atoms with E-state index < -0.39 is 0 Å². The minimum Gasteiger partial charge on any atom is -0.331 e. The highest BCUT2D eigenvalue weighted by Gasteiger charge is 2.29. The number of imidazole rings is 1. The molecule has 2 amide bonds. The summed E-state index contributed by atoms with van der Waals surface area (Å²) in [4.78, 5) is 19.4. The first-order valence-electron chi connectivity index (χ1n) is 9.15. The van der Waals surface area contributed by atoms with Gasteiger partial charge in [-0.1, -0.05) is 36.4 Å². The number of carbonyl (C=O) groups excluding carboxylic acids is 1. The molecule has 1 N–H and O–H groups in total. The van der Waals surface area contributed by atoms with E-state index in [1.165, 1.54) is 11.1 Å². The topological polar surface area (TPSA) is 50.2 Å². The highest BCUT2D eigenvalue weighted by molar-refractivity contribution is 5.77. The van der Waals surface area contributed by atoms with Crippen LogP contribution in [-0.4, -0.2) is 27.0 Å². The Morgan fingerprint density at radius 3 is 2.85 bits per heavy atom. The zero-order chi connectivity index (χ0) is 18.1. The van der Waals surface area contributed by atoms with Gasteiger partial charge >= 0.3 is 6.03 Å². The quantitative estimate of drug-likeness (QED) is 0.780. The molecule has 3 aromatic rings. The normalized spacial score (nSPS) is 17.0. The van der Waals surface area contributed by atoms with Crippen molar-refractivity contribution in [1.29, 1.82) is 0 Å². The molecule has 0 spiro atoms. The number of carbonyl (C=O) groups is 1. The first-order chi connectivity index (χ1) is 12.6. The molecule has 5 nitrogen and oxygen atoms in total. The number of amides is 2. The fraction of sp³-hybridized carbons (Fsp3) is 0.333. The molecule has 1 aliphatic rings. The number of urea groups is 1. The Kier molecular flexibility index (Phi) is 4.37. The highest BCUT2D eigenvalue weighted by atomic mass is 16.2. The van der Waals surface area contributed by atoms with Crippen molar-refractivity contribution in [3.8, 4) is 0 Å². The second-order valence-electron chi connectivity index (χ2n) is 7.00. The van der Waals surface area contributed by atoms with Crippen molar-refractivity contribution in [2.24, 2.45) is 7.05 Å². The summed E-state index contributed by atoms with van der Waals surface area (Å²) in [5.41, 5.74) is 4.45. The number of likely N-dealkylation sites (tertiary alicyclic amines) is 1. The van der Waals surface area contributed by atoms with Gasteiger partial charge in [0.25, 0.3) is 0 Å².